The Hall–Kier alpha value is -3.16. The van der Waals surface area contributed by atoms with Crippen molar-refractivity contribution in [1.82, 2.24) is 9.88 Å². The fourth-order valence-corrected chi connectivity index (χ4v) is 2.88. The van der Waals surface area contributed by atoms with Gasteiger partial charge in [-0.3, -0.25) is 14.4 Å². The molecule has 1 aromatic heterocycles. The van der Waals surface area contributed by atoms with Crippen LogP contribution in [0.4, 0.5) is 15.8 Å². The van der Waals surface area contributed by atoms with Crippen molar-refractivity contribution in [1.29, 1.82) is 0 Å². The van der Waals surface area contributed by atoms with Gasteiger partial charge in [0.25, 0.3) is 17.6 Å². The van der Waals surface area contributed by atoms with Crippen molar-refractivity contribution in [2.75, 3.05) is 11.1 Å². The quantitative estimate of drug-likeness (QED) is 0.424. The smallest absolute Gasteiger partial charge is 0.294 e. The Bertz CT molecular complexity index is 932. The number of nitrogen functional groups attached to an aromatic ring is 1. The van der Waals surface area contributed by atoms with E-state index in [9.17, 15) is 18.8 Å². The summed E-state index contributed by atoms with van der Waals surface area (Å²) in [6, 6.07) is 3.67. The molecule has 0 radical (unpaired) electrons. The first-order valence-corrected chi connectivity index (χ1v) is 8.42. The predicted molar refractivity (Wildman–Crippen MR) is 101 cm³/mol. The molecule has 1 aromatic carbocycles. The van der Waals surface area contributed by atoms with E-state index in [4.69, 9.17) is 5.73 Å². The standard InChI is InChI=1S/C19H23FN4O3/c1-9(2)22-19(27)17(25)16-10(3)15(11(4)24(16)5)18(26)23-12-6-7-13(20)14(21)8-12/h6-9H,21H2,1-5H3,(H,22,27)(H,23,26). The summed E-state index contributed by atoms with van der Waals surface area (Å²) < 4.78 is 14.8. The van der Waals surface area contributed by atoms with E-state index in [1.165, 1.54) is 16.7 Å². The number of aromatic nitrogens is 1. The highest BCUT2D eigenvalue weighted by atomic mass is 19.1. The molecule has 1 heterocycles. The van der Waals surface area contributed by atoms with Crippen LogP contribution in [0.2, 0.25) is 0 Å². The van der Waals surface area contributed by atoms with Crippen LogP contribution < -0.4 is 16.4 Å². The summed E-state index contributed by atoms with van der Waals surface area (Å²) in [6.45, 7) is 6.79. The zero-order valence-electron chi connectivity index (χ0n) is 15.9. The number of benzene rings is 1. The molecule has 2 aromatic rings. The Morgan fingerprint density at radius 3 is 2.37 bits per heavy atom. The van der Waals surface area contributed by atoms with E-state index in [2.05, 4.69) is 10.6 Å². The molecule has 0 saturated carbocycles. The molecule has 0 aliphatic carbocycles. The molecule has 4 N–H and O–H groups in total. The average Bonchev–Trinajstić information content (AvgIpc) is 2.79. The van der Waals surface area contributed by atoms with Crippen molar-refractivity contribution in [2.45, 2.75) is 33.7 Å². The summed E-state index contributed by atoms with van der Waals surface area (Å²) in [7, 11) is 1.62. The van der Waals surface area contributed by atoms with E-state index < -0.39 is 23.4 Å². The lowest BCUT2D eigenvalue weighted by Gasteiger charge is -2.09. The Morgan fingerprint density at radius 2 is 1.81 bits per heavy atom. The second-order valence-corrected chi connectivity index (χ2v) is 6.64. The van der Waals surface area contributed by atoms with Gasteiger partial charge in [-0.15, -0.1) is 0 Å². The van der Waals surface area contributed by atoms with Crippen molar-refractivity contribution in [3.63, 3.8) is 0 Å². The van der Waals surface area contributed by atoms with Crippen LogP contribution in [-0.4, -0.2) is 28.2 Å². The van der Waals surface area contributed by atoms with Crippen molar-refractivity contribution in [2.24, 2.45) is 7.05 Å². The van der Waals surface area contributed by atoms with Crippen molar-refractivity contribution < 1.29 is 18.8 Å². The molecule has 144 valence electrons. The van der Waals surface area contributed by atoms with Gasteiger partial charge in [-0.05, 0) is 51.5 Å². The maximum absolute atomic E-state index is 13.3. The number of halogens is 1. The van der Waals surface area contributed by atoms with Gasteiger partial charge in [0, 0.05) is 24.5 Å². The molecule has 0 aliphatic rings. The highest BCUT2D eigenvalue weighted by Crippen LogP contribution is 2.24. The Morgan fingerprint density at radius 1 is 1.19 bits per heavy atom. The van der Waals surface area contributed by atoms with E-state index in [1.807, 2.05) is 0 Å². The van der Waals surface area contributed by atoms with E-state index >= 15 is 0 Å². The van der Waals surface area contributed by atoms with Gasteiger partial charge < -0.3 is 20.9 Å². The third-order valence-corrected chi connectivity index (χ3v) is 4.25. The highest BCUT2D eigenvalue weighted by Gasteiger charge is 2.28. The number of nitrogens with one attached hydrogen (secondary N) is 2. The van der Waals surface area contributed by atoms with Gasteiger partial charge in [0.15, 0.2) is 0 Å². The van der Waals surface area contributed by atoms with Crippen LogP contribution in [0, 0.1) is 19.7 Å². The number of Topliss-reactive ketones (excluding diaryl/α,β-unsaturated/α-hetero) is 1. The summed E-state index contributed by atoms with van der Waals surface area (Å²) >= 11 is 0. The molecular formula is C19H23FN4O3. The predicted octanol–water partition coefficient (Wildman–Crippen LogP) is 2.32. The first kappa shape index (κ1) is 20.2. The lowest BCUT2D eigenvalue weighted by Crippen LogP contribution is -2.37. The van der Waals surface area contributed by atoms with E-state index in [1.54, 1.807) is 34.7 Å². The molecule has 0 bridgehead atoms. The number of rotatable bonds is 5. The third-order valence-electron chi connectivity index (χ3n) is 4.25. The van der Waals surface area contributed by atoms with Gasteiger partial charge in [-0.25, -0.2) is 4.39 Å². The van der Waals surface area contributed by atoms with E-state index in [0.29, 0.717) is 16.9 Å². The number of hydrogen-bond acceptors (Lipinski definition) is 4. The summed E-state index contributed by atoms with van der Waals surface area (Å²) in [5, 5.41) is 5.19. The minimum Gasteiger partial charge on any atom is -0.396 e. The third kappa shape index (κ3) is 3.99. The zero-order valence-corrected chi connectivity index (χ0v) is 15.9. The maximum Gasteiger partial charge on any atom is 0.294 e. The molecule has 0 spiro atoms. The topological polar surface area (TPSA) is 106 Å². The van der Waals surface area contributed by atoms with E-state index in [-0.39, 0.29) is 23.0 Å². The normalized spacial score (nSPS) is 10.8. The fraction of sp³-hybridized carbons (Fsp3) is 0.316. The molecule has 0 saturated heterocycles. The number of ketones is 1. The Kier molecular flexibility index (Phi) is 5.68. The average molecular weight is 374 g/mol. The van der Waals surface area contributed by atoms with Crippen LogP contribution in [0.5, 0.6) is 0 Å². The highest BCUT2D eigenvalue weighted by molar-refractivity contribution is 6.43. The van der Waals surface area contributed by atoms with Crippen molar-refractivity contribution >= 4 is 29.0 Å². The SMILES string of the molecule is Cc1c(C(=O)Nc2ccc(F)c(N)c2)c(C)n(C)c1C(=O)C(=O)NC(C)C. The monoisotopic (exact) mass is 374 g/mol. The summed E-state index contributed by atoms with van der Waals surface area (Å²) in [5.74, 6) is -2.50. The molecule has 0 unspecified atom stereocenters. The molecular weight excluding hydrogens is 351 g/mol. The van der Waals surface area contributed by atoms with E-state index in [0.717, 1.165) is 6.07 Å². The Labute approximate surface area is 156 Å². The van der Waals surface area contributed by atoms with Crippen LogP contribution in [0.15, 0.2) is 18.2 Å². The van der Waals surface area contributed by atoms with Crippen molar-refractivity contribution in [3.05, 3.63) is 46.5 Å². The second kappa shape index (κ2) is 7.61. The molecule has 0 atom stereocenters. The first-order chi connectivity index (χ1) is 12.5. The fourth-order valence-electron chi connectivity index (χ4n) is 2.88. The van der Waals surface area contributed by atoms with Crippen LogP contribution in [0.1, 0.15) is 46.0 Å². The van der Waals surface area contributed by atoms with Gasteiger partial charge >= 0.3 is 0 Å². The summed E-state index contributed by atoms with van der Waals surface area (Å²) in [5.41, 5.74) is 7.10. The second-order valence-electron chi connectivity index (χ2n) is 6.64. The molecule has 2 amide bonds. The lowest BCUT2D eigenvalue weighted by atomic mass is 10.1. The maximum atomic E-state index is 13.3. The molecule has 0 aliphatic heterocycles. The van der Waals surface area contributed by atoms with Gasteiger partial charge in [0.05, 0.1) is 16.9 Å². The Balaban J connectivity index is 2.38. The van der Waals surface area contributed by atoms with Crippen LogP contribution >= 0.6 is 0 Å². The lowest BCUT2D eigenvalue weighted by molar-refractivity contribution is -0.117. The minimum atomic E-state index is -0.730. The van der Waals surface area contributed by atoms with Crippen LogP contribution in [0.25, 0.3) is 0 Å². The molecule has 2 rings (SSSR count). The van der Waals surface area contributed by atoms with Gasteiger partial charge in [0.2, 0.25) is 0 Å². The summed E-state index contributed by atoms with van der Waals surface area (Å²) in [6.07, 6.45) is 0. The number of carbonyl (C=O) groups excluding carboxylic acids is 3. The zero-order chi connectivity index (χ0) is 20.5. The van der Waals surface area contributed by atoms with Crippen molar-refractivity contribution in [3.8, 4) is 0 Å². The summed E-state index contributed by atoms with van der Waals surface area (Å²) in [4.78, 5) is 37.3. The minimum absolute atomic E-state index is 0.0875. The molecule has 7 nitrogen and oxygen atoms in total. The van der Waals surface area contributed by atoms with Gasteiger partial charge in [-0.1, -0.05) is 0 Å². The number of carbonyl (C=O) groups is 3. The molecule has 8 heteroatoms. The first-order valence-electron chi connectivity index (χ1n) is 8.42. The number of hydrogen-bond donors (Lipinski definition) is 3. The van der Waals surface area contributed by atoms with Crippen LogP contribution in [0.3, 0.4) is 0 Å². The number of nitrogens with zero attached hydrogens (tertiary/aromatic N) is 1. The molecule has 0 fully saturated rings. The molecule has 27 heavy (non-hydrogen) atoms. The number of nitrogens with two attached hydrogens (primary N) is 1. The largest absolute Gasteiger partial charge is 0.396 e. The number of anilines is 2. The van der Waals surface area contributed by atoms with Crippen LogP contribution in [-0.2, 0) is 11.8 Å². The van der Waals surface area contributed by atoms with Gasteiger partial charge in [-0.2, -0.15) is 0 Å². The van der Waals surface area contributed by atoms with Gasteiger partial charge in [0.1, 0.15) is 5.82 Å². The number of amides is 2.